The van der Waals surface area contributed by atoms with Crippen molar-refractivity contribution in [3.05, 3.63) is 0 Å². The molecule has 32 heavy (non-hydrogen) atoms. The monoisotopic (exact) mass is 464 g/mol. The first-order valence-electron chi connectivity index (χ1n) is 10.0. The molecular weight excluding hydrogens is 432 g/mol. The normalized spacial score (nSPS) is 28.6. The van der Waals surface area contributed by atoms with Gasteiger partial charge in [-0.25, -0.2) is 0 Å². The topological polar surface area (TPSA) is 244 Å². The van der Waals surface area contributed by atoms with E-state index in [0.717, 1.165) is 0 Å². The molecule has 0 aliphatic carbocycles. The summed E-state index contributed by atoms with van der Waals surface area (Å²) >= 11 is 0. The number of rotatable bonds is 11. The highest BCUT2D eigenvalue weighted by Crippen LogP contribution is 2.21. The molecule has 14 nitrogen and oxygen atoms in total. The fourth-order valence-corrected chi connectivity index (χ4v) is 2.97. The van der Waals surface area contributed by atoms with Gasteiger partial charge < -0.3 is 52.0 Å². The zero-order valence-electron chi connectivity index (χ0n) is 17.8. The van der Waals surface area contributed by atoms with E-state index in [-0.39, 0.29) is 19.3 Å². The molecule has 0 bridgehead atoms. The number of nitrogens with two attached hydrogens (primary N) is 2. The van der Waals surface area contributed by atoms with E-state index < -0.39 is 79.1 Å². The summed E-state index contributed by atoms with van der Waals surface area (Å²) in [5.74, 6) is -3.58. The maximum Gasteiger partial charge on any atom is 0.303 e. The van der Waals surface area contributed by atoms with Gasteiger partial charge in [0, 0.05) is 12.8 Å². The SMILES string of the molecule is C[C@H](NC(=O)[C@@H](C)OC1CC(O)C(CO)O[C@@H](O)C1N)C(=O)NC(CCC(=O)O)C(N)=O. The molecule has 5 unspecified atom stereocenters. The van der Waals surface area contributed by atoms with Crippen molar-refractivity contribution in [1.82, 2.24) is 10.6 Å². The molecule has 8 atom stereocenters. The van der Waals surface area contributed by atoms with Crippen molar-refractivity contribution >= 4 is 23.7 Å². The van der Waals surface area contributed by atoms with E-state index in [1.165, 1.54) is 13.8 Å². The number of hydrogen-bond donors (Lipinski definition) is 8. The largest absolute Gasteiger partial charge is 0.481 e. The molecule has 0 spiro atoms. The molecule has 10 N–H and O–H groups in total. The van der Waals surface area contributed by atoms with Crippen LogP contribution in [0, 0.1) is 0 Å². The molecule has 3 amide bonds. The summed E-state index contributed by atoms with van der Waals surface area (Å²) in [6.45, 7) is 2.14. The molecule has 0 aromatic rings. The number of aliphatic carboxylic acids is 1. The van der Waals surface area contributed by atoms with Gasteiger partial charge in [-0.2, -0.15) is 0 Å². The number of aliphatic hydroxyl groups is 3. The number of amides is 3. The highest BCUT2D eigenvalue weighted by Gasteiger charge is 2.39. The van der Waals surface area contributed by atoms with Crippen molar-refractivity contribution < 1.29 is 49.1 Å². The van der Waals surface area contributed by atoms with Crippen molar-refractivity contribution in [2.45, 2.75) is 81.9 Å². The van der Waals surface area contributed by atoms with Crippen LogP contribution in [0.3, 0.4) is 0 Å². The van der Waals surface area contributed by atoms with Crippen LogP contribution in [0.1, 0.15) is 33.1 Å². The number of carbonyl (C=O) groups excluding carboxylic acids is 3. The van der Waals surface area contributed by atoms with E-state index >= 15 is 0 Å². The first-order valence-corrected chi connectivity index (χ1v) is 10.0. The third-order valence-corrected chi connectivity index (χ3v) is 4.96. The van der Waals surface area contributed by atoms with Crippen molar-refractivity contribution in [1.29, 1.82) is 0 Å². The predicted molar refractivity (Wildman–Crippen MR) is 106 cm³/mol. The number of carboxylic acids is 1. The maximum atomic E-state index is 12.4. The molecular formula is C18H32N4O10. The number of carbonyl (C=O) groups is 4. The minimum absolute atomic E-state index is 0.124. The van der Waals surface area contributed by atoms with Crippen LogP contribution in [-0.2, 0) is 28.7 Å². The Labute approximate surface area is 184 Å². The molecule has 0 aromatic carbocycles. The van der Waals surface area contributed by atoms with Gasteiger partial charge in [0.25, 0.3) is 0 Å². The van der Waals surface area contributed by atoms with E-state index in [9.17, 15) is 34.5 Å². The van der Waals surface area contributed by atoms with Gasteiger partial charge in [-0.3, -0.25) is 19.2 Å². The van der Waals surface area contributed by atoms with E-state index in [4.69, 9.17) is 26.0 Å². The van der Waals surface area contributed by atoms with Gasteiger partial charge in [-0.15, -0.1) is 0 Å². The summed E-state index contributed by atoms with van der Waals surface area (Å²) in [5, 5.41) is 42.6. The lowest BCUT2D eigenvalue weighted by molar-refractivity contribution is -0.177. The molecule has 0 aromatic heterocycles. The Hall–Kier alpha value is -2.36. The lowest BCUT2D eigenvalue weighted by atomic mass is 10.0. The Kier molecular flexibility index (Phi) is 10.9. The van der Waals surface area contributed by atoms with Crippen molar-refractivity contribution in [3.8, 4) is 0 Å². The van der Waals surface area contributed by atoms with E-state index in [0.29, 0.717) is 0 Å². The van der Waals surface area contributed by atoms with Crippen LogP contribution in [0.2, 0.25) is 0 Å². The summed E-state index contributed by atoms with van der Waals surface area (Å²) in [6, 6.07) is -3.47. The second-order valence-corrected chi connectivity index (χ2v) is 7.57. The molecule has 1 aliphatic rings. The molecule has 1 saturated heterocycles. The number of hydrogen-bond acceptors (Lipinski definition) is 10. The van der Waals surface area contributed by atoms with Gasteiger partial charge in [0.1, 0.15) is 24.3 Å². The number of ether oxygens (including phenoxy) is 2. The number of carboxylic acid groups (broad SMARTS) is 1. The lowest BCUT2D eigenvalue weighted by Crippen LogP contribution is -2.54. The predicted octanol–water partition coefficient (Wildman–Crippen LogP) is -4.11. The van der Waals surface area contributed by atoms with Crippen molar-refractivity contribution in [2.24, 2.45) is 11.5 Å². The van der Waals surface area contributed by atoms with Gasteiger partial charge >= 0.3 is 5.97 Å². The summed E-state index contributed by atoms with van der Waals surface area (Å²) in [4.78, 5) is 46.7. The molecule has 0 saturated carbocycles. The van der Waals surface area contributed by atoms with Crippen LogP contribution < -0.4 is 22.1 Å². The summed E-state index contributed by atoms with van der Waals surface area (Å²) in [6.07, 6.45) is -6.72. The number of primary amides is 1. The maximum absolute atomic E-state index is 12.4. The fourth-order valence-electron chi connectivity index (χ4n) is 2.97. The summed E-state index contributed by atoms with van der Waals surface area (Å²) in [5.41, 5.74) is 11.0. The molecule has 1 rings (SSSR count). The molecule has 1 heterocycles. The molecule has 0 radical (unpaired) electrons. The second-order valence-electron chi connectivity index (χ2n) is 7.57. The molecule has 14 heteroatoms. The zero-order chi connectivity index (χ0) is 24.6. The average Bonchev–Trinajstić information content (AvgIpc) is 2.81. The van der Waals surface area contributed by atoms with Crippen LogP contribution in [0.15, 0.2) is 0 Å². The third kappa shape index (κ3) is 8.29. The summed E-state index contributed by atoms with van der Waals surface area (Å²) < 4.78 is 10.6. The highest BCUT2D eigenvalue weighted by molar-refractivity contribution is 5.92. The van der Waals surface area contributed by atoms with Crippen LogP contribution in [0.5, 0.6) is 0 Å². The third-order valence-electron chi connectivity index (χ3n) is 4.96. The van der Waals surface area contributed by atoms with E-state index in [2.05, 4.69) is 10.6 Å². The molecule has 1 aliphatic heterocycles. The van der Waals surface area contributed by atoms with Crippen LogP contribution >= 0.6 is 0 Å². The van der Waals surface area contributed by atoms with Crippen molar-refractivity contribution in [3.63, 3.8) is 0 Å². The Balaban J connectivity index is 2.66. The van der Waals surface area contributed by atoms with Gasteiger partial charge in [0.2, 0.25) is 17.7 Å². The quantitative estimate of drug-likeness (QED) is 0.146. The Morgan fingerprint density at radius 3 is 2.31 bits per heavy atom. The highest BCUT2D eigenvalue weighted by atomic mass is 16.6. The first kappa shape index (κ1) is 27.7. The standard InChI is InChI=1S/C18H32N4O10/c1-7(16(28)22-9(15(20)27)3-4-13(25)26)21-17(29)8(2)31-11-5-10(24)12(6-23)32-18(30)14(11)19/h7-12,14,18,23-24,30H,3-6,19H2,1-2H3,(H2,20,27)(H,21,29)(H,22,28)(H,25,26)/t7-,8+,9?,10?,11?,12?,14?,18+/m0/s1. The minimum atomic E-state index is -1.55. The Bertz CT molecular complexity index is 678. The number of aliphatic hydroxyl groups excluding tert-OH is 3. The van der Waals surface area contributed by atoms with E-state index in [1.54, 1.807) is 0 Å². The fraction of sp³-hybridized carbons (Fsp3) is 0.778. The Morgan fingerprint density at radius 1 is 1.16 bits per heavy atom. The Morgan fingerprint density at radius 2 is 1.78 bits per heavy atom. The van der Waals surface area contributed by atoms with Gasteiger partial charge in [0.05, 0.1) is 24.9 Å². The average molecular weight is 464 g/mol. The summed E-state index contributed by atoms with van der Waals surface area (Å²) in [7, 11) is 0. The van der Waals surface area contributed by atoms with Crippen LogP contribution in [0.25, 0.3) is 0 Å². The van der Waals surface area contributed by atoms with E-state index in [1.807, 2.05) is 0 Å². The number of nitrogens with one attached hydrogen (secondary N) is 2. The smallest absolute Gasteiger partial charge is 0.303 e. The zero-order valence-corrected chi connectivity index (χ0v) is 17.8. The van der Waals surface area contributed by atoms with Crippen LogP contribution in [0.4, 0.5) is 0 Å². The first-order chi connectivity index (χ1) is 14.9. The van der Waals surface area contributed by atoms with Gasteiger partial charge in [-0.1, -0.05) is 0 Å². The van der Waals surface area contributed by atoms with Gasteiger partial charge in [-0.05, 0) is 20.3 Å². The van der Waals surface area contributed by atoms with Gasteiger partial charge in [0.15, 0.2) is 6.29 Å². The molecule has 184 valence electrons. The molecule has 1 fully saturated rings. The van der Waals surface area contributed by atoms with Crippen LogP contribution in [-0.4, -0.2) is 99.6 Å². The second kappa shape index (κ2) is 12.6. The lowest BCUT2D eigenvalue weighted by Gasteiger charge is -2.28. The minimum Gasteiger partial charge on any atom is -0.481 e. The van der Waals surface area contributed by atoms with Crippen molar-refractivity contribution in [2.75, 3.05) is 6.61 Å².